The van der Waals surface area contributed by atoms with Gasteiger partial charge in [-0.05, 0) is 37.0 Å². The summed E-state index contributed by atoms with van der Waals surface area (Å²) in [6.45, 7) is 3.82. The molecule has 0 aromatic heterocycles. The van der Waals surface area contributed by atoms with Crippen molar-refractivity contribution in [2.24, 2.45) is 17.8 Å². The van der Waals surface area contributed by atoms with Gasteiger partial charge in [0.25, 0.3) is 0 Å². The molecule has 2 bridgehead atoms. The fourth-order valence-corrected chi connectivity index (χ4v) is 2.87. The molecule has 68 valence electrons. The van der Waals surface area contributed by atoms with Gasteiger partial charge in [0, 0.05) is 6.92 Å². The van der Waals surface area contributed by atoms with E-state index >= 15 is 0 Å². The molecule has 0 spiro atoms. The number of hydrogen-bond donors (Lipinski definition) is 0. The molecule has 0 radical (unpaired) electrons. The minimum atomic E-state index is -0.111. The first kappa shape index (κ1) is 8.09. The third-order valence-corrected chi connectivity index (χ3v) is 3.46. The molecule has 0 aromatic carbocycles. The smallest absolute Gasteiger partial charge is 0.302 e. The van der Waals surface area contributed by atoms with Crippen molar-refractivity contribution in [3.63, 3.8) is 0 Å². The Hall–Kier alpha value is -0.530. The third-order valence-electron chi connectivity index (χ3n) is 3.46. The standard InChI is InChI=1S/C10H16O2/c1-6-3-9-4-8(6)5-10(9)12-7(2)11/h6,8-10H,3-5H2,1-2H3/t6-,8+,9?,10?/m1/s1. The molecule has 2 fully saturated rings. The van der Waals surface area contributed by atoms with E-state index in [4.69, 9.17) is 4.74 Å². The fraction of sp³-hybridized carbons (Fsp3) is 0.900. The van der Waals surface area contributed by atoms with E-state index in [1.165, 1.54) is 19.8 Å². The number of ether oxygens (including phenoxy) is 1. The summed E-state index contributed by atoms with van der Waals surface area (Å²) in [4.78, 5) is 10.7. The van der Waals surface area contributed by atoms with Gasteiger partial charge >= 0.3 is 5.97 Å². The van der Waals surface area contributed by atoms with Crippen LogP contribution in [0, 0.1) is 17.8 Å². The van der Waals surface area contributed by atoms with E-state index in [1.807, 2.05) is 0 Å². The Labute approximate surface area is 73.3 Å². The van der Waals surface area contributed by atoms with E-state index in [9.17, 15) is 4.79 Å². The Morgan fingerprint density at radius 3 is 2.42 bits per heavy atom. The van der Waals surface area contributed by atoms with Gasteiger partial charge in [0.15, 0.2) is 0 Å². The molecule has 2 saturated carbocycles. The van der Waals surface area contributed by atoms with E-state index in [2.05, 4.69) is 6.92 Å². The second-order valence-corrected chi connectivity index (χ2v) is 4.35. The molecule has 0 saturated heterocycles. The largest absolute Gasteiger partial charge is 0.462 e. The second kappa shape index (κ2) is 2.75. The molecule has 2 nitrogen and oxygen atoms in total. The van der Waals surface area contributed by atoms with Crippen molar-refractivity contribution in [2.45, 2.75) is 39.2 Å². The predicted octanol–water partition coefficient (Wildman–Crippen LogP) is 1.98. The van der Waals surface area contributed by atoms with Gasteiger partial charge in [-0.3, -0.25) is 4.79 Å². The maximum absolute atomic E-state index is 10.7. The molecular formula is C10H16O2. The Morgan fingerprint density at radius 1 is 1.25 bits per heavy atom. The fourth-order valence-electron chi connectivity index (χ4n) is 2.87. The highest BCUT2D eigenvalue weighted by Gasteiger charge is 2.45. The third kappa shape index (κ3) is 1.23. The molecule has 0 aliphatic heterocycles. The zero-order valence-corrected chi connectivity index (χ0v) is 7.75. The minimum Gasteiger partial charge on any atom is -0.462 e. The summed E-state index contributed by atoms with van der Waals surface area (Å²) in [6, 6.07) is 0. The Kier molecular flexibility index (Phi) is 1.85. The molecule has 0 aromatic rings. The molecule has 0 amide bonds. The van der Waals surface area contributed by atoms with Crippen molar-refractivity contribution >= 4 is 5.97 Å². The van der Waals surface area contributed by atoms with E-state index in [0.717, 1.165) is 18.3 Å². The molecule has 2 aliphatic rings. The summed E-state index contributed by atoms with van der Waals surface area (Å²) in [6.07, 6.45) is 3.93. The van der Waals surface area contributed by atoms with Gasteiger partial charge in [-0.1, -0.05) is 6.92 Å². The van der Waals surface area contributed by atoms with Crippen LogP contribution in [0.3, 0.4) is 0 Å². The minimum absolute atomic E-state index is 0.111. The summed E-state index contributed by atoms with van der Waals surface area (Å²) in [7, 11) is 0. The van der Waals surface area contributed by atoms with Crippen LogP contribution in [0.25, 0.3) is 0 Å². The Morgan fingerprint density at radius 2 is 2.00 bits per heavy atom. The van der Waals surface area contributed by atoms with E-state index < -0.39 is 0 Å². The number of carbonyl (C=O) groups excluding carboxylic acids is 1. The normalized spacial score (nSPS) is 44.8. The lowest BCUT2D eigenvalue weighted by Gasteiger charge is -2.24. The van der Waals surface area contributed by atoms with E-state index in [1.54, 1.807) is 0 Å². The van der Waals surface area contributed by atoms with Crippen LogP contribution in [0.15, 0.2) is 0 Å². The molecule has 0 heterocycles. The molecule has 2 aliphatic carbocycles. The van der Waals surface area contributed by atoms with Crippen molar-refractivity contribution in [3.05, 3.63) is 0 Å². The lowest BCUT2D eigenvalue weighted by molar-refractivity contribution is -0.149. The predicted molar refractivity (Wildman–Crippen MR) is 45.5 cm³/mol. The van der Waals surface area contributed by atoms with Crippen LogP contribution in [0.4, 0.5) is 0 Å². The summed E-state index contributed by atoms with van der Waals surface area (Å²) in [5.41, 5.74) is 0. The highest BCUT2D eigenvalue weighted by atomic mass is 16.5. The zero-order valence-electron chi connectivity index (χ0n) is 7.75. The topological polar surface area (TPSA) is 26.3 Å². The lowest BCUT2D eigenvalue weighted by atomic mass is 9.89. The number of esters is 1. The van der Waals surface area contributed by atoms with Gasteiger partial charge < -0.3 is 4.74 Å². The van der Waals surface area contributed by atoms with Crippen LogP contribution in [0.1, 0.15) is 33.1 Å². The van der Waals surface area contributed by atoms with Crippen molar-refractivity contribution < 1.29 is 9.53 Å². The van der Waals surface area contributed by atoms with E-state index in [-0.39, 0.29) is 12.1 Å². The van der Waals surface area contributed by atoms with Crippen LogP contribution in [-0.2, 0) is 9.53 Å². The first-order valence-corrected chi connectivity index (χ1v) is 4.84. The molecule has 2 heteroatoms. The summed E-state index contributed by atoms with van der Waals surface area (Å²) in [5, 5.41) is 0. The van der Waals surface area contributed by atoms with Crippen molar-refractivity contribution in [1.82, 2.24) is 0 Å². The number of carbonyl (C=O) groups is 1. The van der Waals surface area contributed by atoms with Crippen LogP contribution in [0.5, 0.6) is 0 Å². The van der Waals surface area contributed by atoms with Crippen molar-refractivity contribution in [2.75, 3.05) is 0 Å². The molecule has 2 unspecified atom stereocenters. The SMILES string of the molecule is CC(=O)OC1C[C@@H]2CC1C[C@H]2C. The average molecular weight is 168 g/mol. The summed E-state index contributed by atoms with van der Waals surface area (Å²) < 4.78 is 5.25. The highest BCUT2D eigenvalue weighted by molar-refractivity contribution is 5.66. The molecule has 4 atom stereocenters. The summed E-state index contributed by atoms with van der Waals surface area (Å²) >= 11 is 0. The first-order valence-electron chi connectivity index (χ1n) is 4.84. The molecule has 0 N–H and O–H groups in total. The molecule has 12 heavy (non-hydrogen) atoms. The second-order valence-electron chi connectivity index (χ2n) is 4.35. The number of fused-ring (bicyclic) bond motifs is 2. The van der Waals surface area contributed by atoms with Gasteiger partial charge in [0.1, 0.15) is 6.10 Å². The molecular weight excluding hydrogens is 152 g/mol. The van der Waals surface area contributed by atoms with Gasteiger partial charge in [-0.25, -0.2) is 0 Å². The monoisotopic (exact) mass is 168 g/mol. The van der Waals surface area contributed by atoms with Gasteiger partial charge in [0.2, 0.25) is 0 Å². The van der Waals surface area contributed by atoms with Crippen molar-refractivity contribution in [1.29, 1.82) is 0 Å². The Bertz CT molecular complexity index is 198. The Balaban J connectivity index is 1.94. The van der Waals surface area contributed by atoms with Crippen molar-refractivity contribution in [3.8, 4) is 0 Å². The molecule has 2 rings (SSSR count). The summed E-state index contributed by atoms with van der Waals surface area (Å²) in [5.74, 6) is 2.26. The van der Waals surface area contributed by atoms with Crippen LogP contribution >= 0.6 is 0 Å². The van der Waals surface area contributed by atoms with Crippen LogP contribution in [-0.4, -0.2) is 12.1 Å². The van der Waals surface area contributed by atoms with Gasteiger partial charge in [-0.15, -0.1) is 0 Å². The first-order chi connectivity index (χ1) is 5.66. The quantitative estimate of drug-likeness (QED) is 0.560. The van der Waals surface area contributed by atoms with E-state index in [0.29, 0.717) is 5.92 Å². The zero-order chi connectivity index (χ0) is 8.72. The average Bonchev–Trinajstić information content (AvgIpc) is 2.44. The van der Waals surface area contributed by atoms with Crippen LogP contribution < -0.4 is 0 Å². The van der Waals surface area contributed by atoms with Gasteiger partial charge in [0.05, 0.1) is 0 Å². The maximum atomic E-state index is 10.7. The van der Waals surface area contributed by atoms with Crippen LogP contribution in [0.2, 0.25) is 0 Å². The van der Waals surface area contributed by atoms with Gasteiger partial charge in [-0.2, -0.15) is 0 Å². The lowest BCUT2D eigenvalue weighted by Crippen LogP contribution is -2.25. The number of hydrogen-bond acceptors (Lipinski definition) is 2. The maximum Gasteiger partial charge on any atom is 0.302 e. The number of rotatable bonds is 1. The highest BCUT2D eigenvalue weighted by Crippen LogP contribution is 2.49.